The van der Waals surface area contributed by atoms with Gasteiger partial charge in [0.05, 0.1) is 0 Å². The zero-order chi connectivity index (χ0) is 15.1. The summed E-state index contributed by atoms with van der Waals surface area (Å²) in [5, 5.41) is 0. The first kappa shape index (κ1) is 15.8. The second-order valence-corrected chi connectivity index (χ2v) is 7.69. The average molecular weight is 342 g/mol. The molecule has 0 aliphatic heterocycles. The Morgan fingerprint density at radius 3 is 2.55 bits per heavy atom. The molecule has 112 valence electrons. The van der Waals surface area contributed by atoms with E-state index in [0.29, 0.717) is 0 Å². The van der Waals surface area contributed by atoms with Crippen LogP contribution >= 0.6 is 15.9 Å². The normalized spacial score (nSPS) is 24.8. The molecule has 0 radical (unpaired) electrons. The molecule has 1 aliphatic carbocycles. The molecular formula is C16H24BrNO2. The largest absolute Gasteiger partial charge is 0.454 e. The molecule has 1 aliphatic rings. The number of aldehydes is 1. The summed E-state index contributed by atoms with van der Waals surface area (Å²) >= 11 is 3.47. The van der Waals surface area contributed by atoms with Crippen molar-refractivity contribution in [2.75, 3.05) is 20.6 Å². The van der Waals surface area contributed by atoms with Crippen LogP contribution in [0.4, 0.5) is 0 Å². The van der Waals surface area contributed by atoms with Crippen LogP contribution in [0.25, 0.3) is 0 Å². The van der Waals surface area contributed by atoms with Crippen LogP contribution in [0.15, 0.2) is 9.09 Å². The van der Waals surface area contributed by atoms with E-state index in [-0.39, 0.29) is 10.8 Å². The molecule has 0 saturated heterocycles. The SMILES string of the molecule is Cc1c(Br)oc2c1CC(C=O)(CCN(C)C)C(C)(C)C2. The molecule has 0 amide bonds. The first-order valence-corrected chi connectivity index (χ1v) is 7.89. The van der Waals surface area contributed by atoms with Crippen LogP contribution in [-0.2, 0) is 17.6 Å². The number of hydrogen-bond donors (Lipinski definition) is 0. The maximum atomic E-state index is 12.0. The first-order chi connectivity index (χ1) is 9.22. The Hall–Kier alpha value is -0.610. The molecule has 1 atom stereocenters. The third-order valence-corrected chi connectivity index (χ3v) is 5.73. The van der Waals surface area contributed by atoms with Gasteiger partial charge in [-0.3, -0.25) is 0 Å². The molecule has 1 aromatic heterocycles. The number of furan rings is 1. The second kappa shape index (κ2) is 5.30. The second-order valence-electron chi connectivity index (χ2n) is 6.97. The third-order valence-electron chi connectivity index (χ3n) is 4.97. The Labute approximate surface area is 129 Å². The molecule has 2 rings (SSSR count). The van der Waals surface area contributed by atoms with Gasteiger partial charge in [0, 0.05) is 17.4 Å². The lowest BCUT2D eigenvalue weighted by molar-refractivity contribution is -0.124. The lowest BCUT2D eigenvalue weighted by Gasteiger charge is -2.46. The summed E-state index contributed by atoms with van der Waals surface area (Å²) in [5.41, 5.74) is 1.98. The number of fused-ring (bicyclic) bond motifs is 1. The summed E-state index contributed by atoms with van der Waals surface area (Å²) in [6.45, 7) is 7.36. The predicted molar refractivity (Wildman–Crippen MR) is 84.0 cm³/mol. The zero-order valence-corrected chi connectivity index (χ0v) is 14.6. The Morgan fingerprint density at radius 2 is 2.00 bits per heavy atom. The highest BCUT2D eigenvalue weighted by atomic mass is 79.9. The van der Waals surface area contributed by atoms with Crippen molar-refractivity contribution in [2.24, 2.45) is 10.8 Å². The standard InChI is InChI=1S/C16H24BrNO2/c1-11-12-8-16(10-19,6-7-18(4)5)15(2,3)9-13(12)20-14(11)17/h10H,6-9H2,1-5H3. The van der Waals surface area contributed by atoms with E-state index in [1.165, 1.54) is 11.8 Å². The quantitative estimate of drug-likeness (QED) is 0.784. The highest BCUT2D eigenvalue weighted by Gasteiger charge is 2.49. The minimum atomic E-state index is -0.307. The third kappa shape index (κ3) is 2.48. The van der Waals surface area contributed by atoms with Crippen LogP contribution in [-0.4, -0.2) is 31.8 Å². The van der Waals surface area contributed by atoms with Gasteiger partial charge in [0.25, 0.3) is 0 Å². The number of halogens is 1. The summed E-state index contributed by atoms with van der Waals surface area (Å²) in [7, 11) is 4.11. The van der Waals surface area contributed by atoms with Gasteiger partial charge in [-0.2, -0.15) is 0 Å². The van der Waals surface area contributed by atoms with Gasteiger partial charge in [-0.25, -0.2) is 0 Å². The molecule has 0 fully saturated rings. The fraction of sp³-hybridized carbons (Fsp3) is 0.688. The highest BCUT2D eigenvalue weighted by molar-refractivity contribution is 9.10. The Morgan fingerprint density at radius 1 is 1.35 bits per heavy atom. The smallest absolute Gasteiger partial charge is 0.172 e. The molecule has 0 saturated carbocycles. The van der Waals surface area contributed by atoms with Crippen molar-refractivity contribution in [3.63, 3.8) is 0 Å². The Bertz CT molecular complexity index is 519. The van der Waals surface area contributed by atoms with Gasteiger partial charge < -0.3 is 14.1 Å². The number of hydrogen-bond acceptors (Lipinski definition) is 3. The van der Waals surface area contributed by atoms with Gasteiger partial charge in [-0.1, -0.05) is 13.8 Å². The minimum Gasteiger partial charge on any atom is -0.454 e. The van der Waals surface area contributed by atoms with Crippen molar-refractivity contribution in [3.8, 4) is 0 Å². The molecule has 1 unspecified atom stereocenters. The number of nitrogens with zero attached hydrogens (tertiary/aromatic N) is 1. The van der Waals surface area contributed by atoms with E-state index in [9.17, 15) is 4.79 Å². The van der Waals surface area contributed by atoms with Crippen molar-refractivity contribution in [1.82, 2.24) is 4.90 Å². The number of carbonyl (C=O) groups is 1. The molecule has 1 heterocycles. The molecule has 20 heavy (non-hydrogen) atoms. The van der Waals surface area contributed by atoms with Crippen molar-refractivity contribution in [3.05, 3.63) is 21.6 Å². The van der Waals surface area contributed by atoms with Crippen LogP contribution < -0.4 is 0 Å². The fourth-order valence-electron chi connectivity index (χ4n) is 3.19. The molecule has 1 aromatic rings. The van der Waals surface area contributed by atoms with E-state index in [2.05, 4.69) is 55.7 Å². The van der Waals surface area contributed by atoms with E-state index in [1.54, 1.807) is 0 Å². The summed E-state index contributed by atoms with van der Waals surface area (Å²) in [4.78, 5) is 14.1. The topological polar surface area (TPSA) is 33.5 Å². The van der Waals surface area contributed by atoms with Gasteiger partial charge in [0.15, 0.2) is 4.67 Å². The zero-order valence-electron chi connectivity index (χ0n) is 13.0. The molecule has 3 nitrogen and oxygen atoms in total. The van der Waals surface area contributed by atoms with E-state index in [0.717, 1.165) is 41.8 Å². The maximum Gasteiger partial charge on any atom is 0.172 e. The van der Waals surface area contributed by atoms with Gasteiger partial charge in [0.2, 0.25) is 0 Å². The first-order valence-electron chi connectivity index (χ1n) is 7.10. The summed E-state index contributed by atoms with van der Waals surface area (Å²) in [6.07, 6.45) is 3.69. The van der Waals surface area contributed by atoms with Gasteiger partial charge in [-0.05, 0) is 67.3 Å². The van der Waals surface area contributed by atoms with Crippen molar-refractivity contribution in [1.29, 1.82) is 0 Å². The van der Waals surface area contributed by atoms with E-state index in [1.807, 2.05) is 0 Å². The number of carbonyl (C=O) groups excluding carboxylic acids is 1. The minimum absolute atomic E-state index is 0.0819. The Kier molecular flexibility index (Phi) is 4.18. The maximum absolute atomic E-state index is 12.0. The van der Waals surface area contributed by atoms with Crippen LogP contribution in [0.1, 0.15) is 37.2 Å². The van der Waals surface area contributed by atoms with Crippen LogP contribution in [0.2, 0.25) is 0 Å². The van der Waals surface area contributed by atoms with Gasteiger partial charge >= 0.3 is 0 Å². The van der Waals surface area contributed by atoms with Crippen molar-refractivity contribution >= 4 is 22.2 Å². The Balaban J connectivity index is 2.41. The summed E-state index contributed by atoms with van der Waals surface area (Å²) < 4.78 is 6.64. The molecule has 0 spiro atoms. The fourth-order valence-corrected chi connectivity index (χ4v) is 3.62. The van der Waals surface area contributed by atoms with Crippen molar-refractivity contribution in [2.45, 2.75) is 40.0 Å². The molecule has 4 heteroatoms. The predicted octanol–water partition coefficient (Wildman–Crippen LogP) is 3.61. The van der Waals surface area contributed by atoms with E-state index >= 15 is 0 Å². The summed E-state index contributed by atoms with van der Waals surface area (Å²) in [5.74, 6) is 1.04. The van der Waals surface area contributed by atoms with E-state index in [4.69, 9.17) is 4.42 Å². The summed E-state index contributed by atoms with van der Waals surface area (Å²) in [6, 6.07) is 0. The van der Waals surface area contributed by atoms with E-state index < -0.39 is 0 Å². The molecule has 0 bridgehead atoms. The highest BCUT2D eigenvalue weighted by Crippen LogP contribution is 2.51. The van der Waals surface area contributed by atoms with Crippen LogP contribution in [0, 0.1) is 17.8 Å². The van der Waals surface area contributed by atoms with Gasteiger partial charge in [-0.15, -0.1) is 0 Å². The van der Waals surface area contributed by atoms with Crippen LogP contribution in [0.5, 0.6) is 0 Å². The average Bonchev–Trinajstić information content (AvgIpc) is 2.60. The van der Waals surface area contributed by atoms with Gasteiger partial charge in [0.1, 0.15) is 12.0 Å². The molecule has 0 N–H and O–H groups in total. The number of rotatable bonds is 4. The van der Waals surface area contributed by atoms with Crippen LogP contribution in [0.3, 0.4) is 0 Å². The monoisotopic (exact) mass is 341 g/mol. The molecule has 0 aromatic carbocycles. The molecular weight excluding hydrogens is 318 g/mol. The lowest BCUT2D eigenvalue weighted by atomic mass is 9.56. The van der Waals surface area contributed by atoms with Crippen molar-refractivity contribution < 1.29 is 9.21 Å². The lowest BCUT2D eigenvalue weighted by Crippen LogP contribution is -2.47.